The molecule has 2 aliphatic rings. The van der Waals surface area contributed by atoms with Gasteiger partial charge < -0.3 is 10.2 Å². The lowest BCUT2D eigenvalue weighted by Crippen LogP contribution is -2.43. The van der Waals surface area contributed by atoms with Crippen molar-refractivity contribution in [1.29, 1.82) is 0 Å². The number of benzene rings is 1. The Labute approximate surface area is 144 Å². The van der Waals surface area contributed by atoms with Crippen molar-refractivity contribution in [2.75, 3.05) is 6.54 Å². The minimum Gasteiger partial charge on any atom is -0.346 e. The fourth-order valence-corrected chi connectivity index (χ4v) is 2.96. The summed E-state index contributed by atoms with van der Waals surface area (Å²) in [5, 5.41) is 7.18. The summed E-state index contributed by atoms with van der Waals surface area (Å²) in [4.78, 5) is 37.0. The molecule has 3 amide bonds. The summed E-state index contributed by atoms with van der Waals surface area (Å²) in [6.07, 6.45) is 0.798. The Kier molecular flexibility index (Phi) is 4.80. The van der Waals surface area contributed by atoms with Gasteiger partial charge >= 0.3 is 0 Å². The monoisotopic (exact) mass is 348 g/mol. The van der Waals surface area contributed by atoms with E-state index in [0.717, 1.165) is 5.56 Å². The van der Waals surface area contributed by atoms with E-state index in [-0.39, 0.29) is 42.3 Å². The Bertz CT molecular complexity index is 719. The van der Waals surface area contributed by atoms with E-state index in [4.69, 9.17) is 11.6 Å². The highest BCUT2D eigenvalue weighted by molar-refractivity contribution is 6.39. The van der Waals surface area contributed by atoms with Crippen LogP contribution >= 0.6 is 11.6 Å². The van der Waals surface area contributed by atoms with E-state index in [2.05, 4.69) is 15.8 Å². The van der Waals surface area contributed by atoms with E-state index in [1.165, 1.54) is 0 Å². The first-order chi connectivity index (χ1) is 11.5. The second-order valence-corrected chi connectivity index (χ2v) is 6.24. The van der Waals surface area contributed by atoms with Crippen LogP contribution in [0.25, 0.3) is 0 Å². The van der Waals surface area contributed by atoms with Crippen LogP contribution in [0.1, 0.15) is 24.8 Å². The molecule has 8 heteroatoms. The van der Waals surface area contributed by atoms with Crippen molar-refractivity contribution in [1.82, 2.24) is 15.6 Å². The first-order valence-corrected chi connectivity index (χ1v) is 8.08. The van der Waals surface area contributed by atoms with Gasteiger partial charge in [0.25, 0.3) is 5.91 Å². The van der Waals surface area contributed by atoms with Crippen LogP contribution in [-0.2, 0) is 20.9 Å². The van der Waals surface area contributed by atoms with Crippen molar-refractivity contribution < 1.29 is 14.4 Å². The molecule has 1 fully saturated rings. The van der Waals surface area contributed by atoms with Crippen LogP contribution in [0.3, 0.4) is 0 Å². The molecule has 1 unspecified atom stereocenters. The van der Waals surface area contributed by atoms with Gasteiger partial charge in [-0.25, -0.2) is 5.43 Å². The van der Waals surface area contributed by atoms with Gasteiger partial charge in [-0.15, -0.1) is 0 Å². The number of carbonyl (C=O) groups is 3. The number of nitrogens with one attached hydrogen (secondary N) is 2. The second-order valence-electron chi connectivity index (χ2n) is 5.83. The van der Waals surface area contributed by atoms with Gasteiger partial charge in [0.05, 0.1) is 6.04 Å². The third-order valence-electron chi connectivity index (χ3n) is 4.04. The number of nitrogens with zero attached hydrogens (tertiary/aromatic N) is 2. The molecule has 0 spiro atoms. The SMILES string of the molecule is O=C1CCC(C(=O)NC2CC(=O)N(Cc3ccccc3Cl)C2)=NN1. The topological polar surface area (TPSA) is 90.9 Å². The Balaban J connectivity index is 1.58. The molecule has 126 valence electrons. The summed E-state index contributed by atoms with van der Waals surface area (Å²) in [7, 11) is 0. The van der Waals surface area contributed by atoms with Gasteiger partial charge in [-0.3, -0.25) is 14.4 Å². The Morgan fingerprint density at radius 1 is 1.33 bits per heavy atom. The minimum absolute atomic E-state index is 0.0286. The zero-order valence-electron chi connectivity index (χ0n) is 12.9. The van der Waals surface area contributed by atoms with Gasteiger partial charge in [-0.1, -0.05) is 29.8 Å². The second kappa shape index (κ2) is 7.00. The molecule has 3 rings (SSSR count). The summed E-state index contributed by atoms with van der Waals surface area (Å²) in [6.45, 7) is 0.845. The van der Waals surface area contributed by atoms with Gasteiger partial charge in [0.2, 0.25) is 11.8 Å². The van der Waals surface area contributed by atoms with Crippen molar-refractivity contribution in [2.45, 2.75) is 31.8 Å². The van der Waals surface area contributed by atoms with Crippen LogP contribution in [0.4, 0.5) is 0 Å². The summed E-state index contributed by atoms with van der Waals surface area (Å²) in [5.41, 5.74) is 3.45. The highest BCUT2D eigenvalue weighted by Crippen LogP contribution is 2.20. The molecule has 0 aliphatic carbocycles. The molecule has 2 heterocycles. The standard InChI is InChI=1S/C16H17ClN4O3/c17-12-4-2-1-3-10(12)8-21-9-11(7-15(21)23)18-16(24)13-5-6-14(22)20-19-13/h1-4,11H,5-9H2,(H,18,24)(H,20,22). The number of rotatable bonds is 4. The lowest BCUT2D eigenvalue weighted by molar-refractivity contribution is -0.128. The molecule has 1 saturated heterocycles. The average molecular weight is 349 g/mol. The van der Waals surface area contributed by atoms with E-state index in [0.29, 0.717) is 24.5 Å². The summed E-state index contributed by atoms with van der Waals surface area (Å²) in [6, 6.07) is 7.10. The van der Waals surface area contributed by atoms with E-state index < -0.39 is 0 Å². The highest BCUT2D eigenvalue weighted by Gasteiger charge is 2.32. The van der Waals surface area contributed by atoms with Crippen LogP contribution in [0.15, 0.2) is 29.4 Å². The van der Waals surface area contributed by atoms with Crippen molar-refractivity contribution in [3.05, 3.63) is 34.9 Å². The summed E-state index contributed by atoms with van der Waals surface area (Å²) >= 11 is 6.13. The maximum absolute atomic E-state index is 12.1. The van der Waals surface area contributed by atoms with Crippen molar-refractivity contribution in [2.24, 2.45) is 5.10 Å². The maximum atomic E-state index is 12.1. The zero-order chi connectivity index (χ0) is 17.1. The van der Waals surface area contributed by atoms with Gasteiger partial charge in [-0.05, 0) is 11.6 Å². The largest absolute Gasteiger partial charge is 0.346 e. The molecule has 1 aromatic carbocycles. The number of hydrazone groups is 1. The number of likely N-dealkylation sites (tertiary alicyclic amines) is 1. The fourth-order valence-electron chi connectivity index (χ4n) is 2.76. The number of hydrogen-bond donors (Lipinski definition) is 2. The average Bonchev–Trinajstić information content (AvgIpc) is 2.89. The smallest absolute Gasteiger partial charge is 0.267 e. The molecule has 2 N–H and O–H groups in total. The van der Waals surface area contributed by atoms with Gasteiger partial charge in [0, 0.05) is 37.4 Å². The van der Waals surface area contributed by atoms with Crippen LogP contribution in [0.2, 0.25) is 5.02 Å². The molecular formula is C16H17ClN4O3. The highest BCUT2D eigenvalue weighted by atomic mass is 35.5. The third kappa shape index (κ3) is 3.73. The van der Waals surface area contributed by atoms with Crippen LogP contribution < -0.4 is 10.7 Å². The summed E-state index contributed by atoms with van der Waals surface area (Å²) < 4.78 is 0. The quantitative estimate of drug-likeness (QED) is 0.844. The lowest BCUT2D eigenvalue weighted by atomic mass is 10.1. The van der Waals surface area contributed by atoms with E-state index in [9.17, 15) is 14.4 Å². The number of carbonyl (C=O) groups excluding carboxylic acids is 3. The van der Waals surface area contributed by atoms with Crippen LogP contribution in [0.5, 0.6) is 0 Å². The summed E-state index contributed by atoms with van der Waals surface area (Å²) in [5.74, 6) is -0.569. The minimum atomic E-state index is -0.340. The molecule has 0 saturated carbocycles. The first kappa shape index (κ1) is 16.4. The predicted octanol–water partition coefficient (Wildman–Crippen LogP) is 0.823. The molecule has 2 aliphatic heterocycles. The molecule has 0 bridgehead atoms. The zero-order valence-corrected chi connectivity index (χ0v) is 13.7. The van der Waals surface area contributed by atoms with E-state index >= 15 is 0 Å². The molecule has 0 aromatic heterocycles. The third-order valence-corrected chi connectivity index (χ3v) is 4.40. The van der Waals surface area contributed by atoms with Crippen LogP contribution in [-0.4, -0.2) is 40.9 Å². The van der Waals surface area contributed by atoms with E-state index in [1.54, 1.807) is 11.0 Å². The Morgan fingerprint density at radius 2 is 2.12 bits per heavy atom. The Morgan fingerprint density at radius 3 is 2.83 bits per heavy atom. The molecule has 7 nitrogen and oxygen atoms in total. The number of halogens is 1. The van der Waals surface area contributed by atoms with Crippen molar-refractivity contribution in [3.63, 3.8) is 0 Å². The van der Waals surface area contributed by atoms with E-state index in [1.807, 2.05) is 18.2 Å². The molecule has 1 aromatic rings. The Hall–Kier alpha value is -2.41. The predicted molar refractivity (Wildman–Crippen MR) is 88.2 cm³/mol. The van der Waals surface area contributed by atoms with Crippen LogP contribution in [0, 0.1) is 0 Å². The number of hydrogen-bond acceptors (Lipinski definition) is 4. The first-order valence-electron chi connectivity index (χ1n) is 7.70. The molecule has 0 radical (unpaired) electrons. The van der Waals surface area contributed by atoms with Gasteiger partial charge in [0.1, 0.15) is 5.71 Å². The normalized spacial score (nSPS) is 20.6. The van der Waals surface area contributed by atoms with Crippen molar-refractivity contribution >= 4 is 35.0 Å². The number of amides is 3. The van der Waals surface area contributed by atoms with Gasteiger partial charge in [0.15, 0.2) is 0 Å². The molecule has 1 atom stereocenters. The molecule has 24 heavy (non-hydrogen) atoms. The lowest BCUT2D eigenvalue weighted by Gasteiger charge is -2.18. The van der Waals surface area contributed by atoms with Gasteiger partial charge in [-0.2, -0.15) is 5.10 Å². The molecular weight excluding hydrogens is 332 g/mol. The maximum Gasteiger partial charge on any atom is 0.267 e. The fraction of sp³-hybridized carbons (Fsp3) is 0.375. The van der Waals surface area contributed by atoms with Crippen molar-refractivity contribution in [3.8, 4) is 0 Å².